The summed E-state index contributed by atoms with van der Waals surface area (Å²) in [6.07, 6.45) is 8.47. The molecule has 1 aromatic rings. The zero-order valence-corrected chi connectivity index (χ0v) is 14.4. The van der Waals surface area contributed by atoms with Crippen LogP contribution in [0, 0.1) is 0 Å². The van der Waals surface area contributed by atoms with Crippen LogP contribution in [0.15, 0.2) is 30.3 Å². The summed E-state index contributed by atoms with van der Waals surface area (Å²) >= 11 is 1.36. The Kier molecular flexibility index (Phi) is 8.01. The molecule has 2 rings (SSSR count). The first-order chi connectivity index (χ1) is 11.2. The van der Waals surface area contributed by atoms with Crippen molar-refractivity contribution in [2.75, 3.05) is 16.8 Å². The van der Waals surface area contributed by atoms with Gasteiger partial charge in [0.05, 0.1) is 11.5 Å². The van der Waals surface area contributed by atoms with Crippen molar-refractivity contribution in [3.05, 3.63) is 30.3 Å². The van der Waals surface area contributed by atoms with E-state index in [1.54, 1.807) is 0 Å². The van der Waals surface area contributed by atoms with E-state index < -0.39 is 0 Å². The third kappa shape index (κ3) is 7.55. The standard InChI is InChI=1S/C18H26N2O2S/c21-17(19-15-9-5-2-1-3-6-10-15)13-23-14-18(22)20-16-11-7-4-8-12-16/h4,7-8,11-12,15H,1-3,5-6,9-10,13-14H2,(H,19,21)(H,20,22). The quantitative estimate of drug-likeness (QED) is 0.836. The van der Waals surface area contributed by atoms with Crippen molar-refractivity contribution in [1.82, 2.24) is 5.32 Å². The minimum atomic E-state index is -0.0695. The summed E-state index contributed by atoms with van der Waals surface area (Å²) in [6, 6.07) is 9.69. The van der Waals surface area contributed by atoms with Crippen molar-refractivity contribution in [2.45, 2.75) is 51.0 Å². The van der Waals surface area contributed by atoms with Gasteiger partial charge in [0.2, 0.25) is 11.8 Å². The van der Waals surface area contributed by atoms with Gasteiger partial charge in [-0.15, -0.1) is 11.8 Å². The molecule has 0 atom stereocenters. The number of hydrogen-bond donors (Lipinski definition) is 2. The Bertz CT molecular complexity index is 485. The van der Waals surface area contributed by atoms with Crippen LogP contribution in [0.4, 0.5) is 5.69 Å². The normalized spacial score (nSPS) is 16.2. The van der Waals surface area contributed by atoms with Crippen LogP contribution in [0.25, 0.3) is 0 Å². The second-order valence-corrected chi connectivity index (χ2v) is 7.00. The minimum absolute atomic E-state index is 0.0492. The molecule has 0 aliphatic heterocycles. The molecule has 0 aromatic heterocycles. The fraction of sp³-hybridized carbons (Fsp3) is 0.556. The summed E-state index contributed by atoms with van der Waals surface area (Å²) in [5.74, 6) is 0.624. The molecule has 126 valence electrons. The first kappa shape index (κ1) is 17.9. The second kappa shape index (κ2) is 10.3. The summed E-state index contributed by atoms with van der Waals surface area (Å²) in [4.78, 5) is 23.8. The molecule has 4 nitrogen and oxygen atoms in total. The smallest absolute Gasteiger partial charge is 0.234 e. The lowest BCUT2D eigenvalue weighted by Crippen LogP contribution is -2.36. The monoisotopic (exact) mass is 334 g/mol. The number of nitrogens with one attached hydrogen (secondary N) is 2. The summed E-state index contributed by atoms with van der Waals surface area (Å²) in [6.45, 7) is 0. The molecule has 1 aliphatic carbocycles. The topological polar surface area (TPSA) is 58.2 Å². The van der Waals surface area contributed by atoms with Crippen LogP contribution < -0.4 is 10.6 Å². The van der Waals surface area contributed by atoms with E-state index in [4.69, 9.17) is 0 Å². The largest absolute Gasteiger partial charge is 0.353 e. The Balaban J connectivity index is 1.61. The average Bonchev–Trinajstić information content (AvgIpc) is 2.51. The third-order valence-electron chi connectivity index (χ3n) is 3.99. The molecular weight excluding hydrogens is 308 g/mol. The molecule has 23 heavy (non-hydrogen) atoms. The van der Waals surface area contributed by atoms with Crippen molar-refractivity contribution in [2.24, 2.45) is 0 Å². The van der Waals surface area contributed by atoms with E-state index in [0.717, 1.165) is 18.5 Å². The number of rotatable bonds is 6. The van der Waals surface area contributed by atoms with Crippen LogP contribution in [-0.2, 0) is 9.59 Å². The highest BCUT2D eigenvalue weighted by atomic mass is 32.2. The Hall–Kier alpha value is -1.49. The SMILES string of the molecule is O=C(CSCC(=O)NC1CCCCCCC1)Nc1ccccc1. The third-order valence-corrected chi connectivity index (χ3v) is 4.93. The Morgan fingerprint density at radius 1 is 0.913 bits per heavy atom. The van der Waals surface area contributed by atoms with Crippen LogP contribution in [0.1, 0.15) is 44.9 Å². The average molecular weight is 334 g/mol. The number of carbonyl (C=O) groups is 2. The highest BCUT2D eigenvalue weighted by molar-refractivity contribution is 8.00. The predicted molar refractivity (Wildman–Crippen MR) is 96.6 cm³/mol. The molecule has 0 saturated heterocycles. The fourth-order valence-electron chi connectivity index (χ4n) is 2.82. The highest BCUT2D eigenvalue weighted by Crippen LogP contribution is 2.17. The van der Waals surface area contributed by atoms with Gasteiger partial charge in [0, 0.05) is 11.7 Å². The number of hydrogen-bond acceptors (Lipinski definition) is 3. The van der Waals surface area contributed by atoms with Gasteiger partial charge < -0.3 is 10.6 Å². The van der Waals surface area contributed by atoms with Gasteiger partial charge in [-0.05, 0) is 25.0 Å². The molecule has 2 N–H and O–H groups in total. The lowest BCUT2D eigenvalue weighted by molar-refractivity contribution is -0.119. The van der Waals surface area contributed by atoms with Crippen LogP contribution in [0.5, 0.6) is 0 Å². The molecular formula is C18H26N2O2S. The second-order valence-electron chi connectivity index (χ2n) is 6.02. The predicted octanol–water partition coefficient (Wildman–Crippen LogP) is 3.59. The molecule has 0 spiro atoms. The molecule has 0 bridgehead atoms. The maximum atomic E-state index is 12.0. The maximum absolute atomic E-state index is 12.0. The zero-order chi connectivity index (χ0) is 16.3. The molecule has 1 aliphatic rings. The van der Waals surface area contributed by atoms with Gasteiger partial charge in [0.25, 0.3) is 0 Å². The van der Waals surface area contributed by atoms with E-state index >= 15 is 0 Å². The van der Waals surface area contributed by atoms with E-state index in [1.807, 2.05) is 30.3 Å². The number of thioether (sulfide) groups is 1. The lowest BCUT2D eigenvalue weighted by atomic mass is 9.97. The molecule has 0 heterocycles. The molecule has 5 heteroatoms. The van der Waals surface area contributed by atoms with Crippen LogP contribution >= 0.6 is 11.8 Å². The first-order valence-electron chi connectivity index (χ1n) is 8.46. The van der Waals surface area contributed by atoms with E-state index in [2.05, 4.69) is 10.6 Å². The number of anilines is 1. The summed E-state index contributed by atoms with van der Waals surface area (Å²) in [5, 5.41) is 5.94. The first-order valence-corrected chi connectivity index (χ1v) is 9.61. The Morgan fingerprint density at radius 2 is 1.52 bits per heavy atom. The van der Waals surface area contributed by atoms with Crippen LogP contribution in [0.2, 0.25) is 0 Å². The van der Waals surface area contributed by atoms with Crippen molar-refractivity contribution in [1.29, 1.82) is 0 Å². The summed E-state index contributed by atoms with van der Waals surface area (Å²) < 4.78 is 0. The number of benzene rings is 1. The van der Waals surface area contributed by atoms with Crippen LogP contribution in [0.3, 0.4) is 0 Å². The lowest BCUT2D eigenvalue weighted by Gasteiger charge is -2.20. The zero-order valence-electron chi connectivity index (χ0n) is 13.6. The van der Waals surface area contributed by atoms with Gasteiger partial charge in [-0.1, -0.05) is 50.3 Å². The van der Waals surface area contributed by atoms with Crippen molar-refractivity contribution in [3.8, 4) is 0 Å². The van der Waals surface area contributed by atoms with Gasteiger partial charge >= 0.3 is 0 Å². The van der Waals surface area contributed by atoms with Gasteiger partial charge in [0.1, 0.15) is 0 Å². The molecule has 0 unspecified atom stereocenters. The van der Waals surface area contributed by atoms with Gasteiger partial charge in [-0.25, -0.2) is 0 Å². The summed E-state index contributed by atoms with van der Waals surface area (Å²) in [5.41, 5.74) is 0.789. The van der Waals surface area contributed by atoms with Crippen molar-refractivity contribution < 1.29 is 9.59 Å². The number of carbonyl (C=O) groups excluding carboxylic acids is 2. The number of para-hydroxylation sites is 1. The Morgan fingerprint density at radius 3 is 2.22 bits per heavy atom. The van der Waals surface area contributed by atoms with Crippen molar-refractivity contribution >= 4 is 29.3 Å². The molecule has 2 amide bonds. The fourth-order valence-corrected chi connectivity index (χ4v) is 3.45. The van der Waals surface area contributed by atoms with E-state index in [9.17, 15) is 9.59 Å². The molecule has 0 radical (unpaired) electrons. The minimum Gasteiger partial charge on any atom is -0.353 e. The van der Waals surface area contributed by atoms with E-state index in [-0.39, 0.29) is 11.8 Å². The van der Waals surface area contributed by atoms with Gasteiger partial charge in [-0.2, -0.15) is 0 Å². The Labute approximate surface area is 142 Å². The highest BCUT2D eigenvalue weighted by Gasteiger charge is 2.14. The van der Waals surface area contributed by atoms with E-state index in [1.165, 1.54) is 43.9 Å². The molecule has 1 aromatic carbocycles. The molecule has 1 saturated carbocycles. The van der Waals surface area contributed by atoms with Gasteiger partial charge in [0.15, 0.2) is 0 Å². The molecule has 1 fully saturated rings. The van der Waals surface area contributed by atoms with Crippen molar-refractivity contribution in [3.63, 3.8) is 0 Å². The number of amides is 2. The maximum Gasteiger partial charge on any atom is 0.234 e. The van der Waals surface area contributed by atoms with E-state index in [0.29, 0.717) is 17.5 Å². The van der Waals surface area contributed by atoms with Crippen LogP contribution in [-0.4, -0.2) is 29.4 Å². The van der Waals surface area contributed by atoms with Gasteiger partial charge in [-0.3, -0.25) is 9.59 Å². The summed E-state index contributed by atoms with van der Waals surface area (Å²) in [7, 11) is 0.